The van der Waals surface area contributed by atoms with Gasteiger partial charge in [-0.1, -0.05) is 0 Å². The maximum Gasteiger partial charge on any atom is 0.226 e. The summed E-state index contributed by atoms with van der Waals surface area (Å²) >= 11 is 3.22. The molecule has 0 radical (unpaired) electrons. The van der Waals surface area contributed by atoms with E-state index in [9.17, 15) is 4.79 Å². The lowest BCUT2D eigenvalue weighted by Gasteiger charge is -2.14. The summed E-state index contributed by atoms with van der Waals surface area (Å²) < 4.78 is 1.85. The summed E-state index contributed by atoms with van der Waals surface area (Å²) in [6, 6.07) is 1.98. The second-order valence-electron chi connectivity index (χ2n) is 5.83. The first-order valence-electron chi connectivity index (χ1n) is 7.72. The second-order valence-corrected chi connectivity index (χ2v) is 7.47. The highest BCUT2D eigenvalue weighted by Gasteiger charge is 2.18. The number of carbonyl (C=O) groups excluding carboxylic acids is 1. The third-order valence-electron chi connectivity index (χ3n) is 4.04. The Morgan fingerprint density at radius 2 is 2.17 bits per heavy atom. The van der Waals surface area contributed by atoms with Crippen molar-refractivity contribution in [3.8, 4) is 10.6 Å². The van der Waals surface area contributed by atoms with Gasteiger partial charge in [-0.2, -0.15) is 16.4 Å². The molecule has 3 aromatic rings. The number of aromatic nitrogens is 3. The number of rotatable bonds is 5. The van der Waals surface area contributed by atoms with Crippen molar-refractivity contribution in [1.29, 1.82) is 0 Å². The summed E-state index contributed by atoms with van der Waals surface area (Å²) in [4.78, 5) is 16.9. The number of thiophene rings is 1. The van der Waals surface area contributed by atoms with Gasteiger partial charge in [0.15, 0.2) is 0 Å². The van der Waals surface area contributed by atoms with Crippen LogP contribution in [0.4, 0.5) is 0 Å². The number of hydrogen-bond acceptors (Lipinski definition) is 5. The Hall–Kier alpha value is -1.99. The molecule has 7 heteroatoms. The van der Waals surface area contributed by atoms with Gasteiger partial charge in [0, 0.05) is 34.6 Å². The molecule has 3 aromatic heterocycles. The second kappa shape index (κ2) is 6.86. The third-order valence-corrected chi connectivity index (χ3v) is 5.66. The maximum atomic E-state index is 12.3. The van der Waals surface area contributed by atoms with Crippen LogP contribution in [0, 0.1) is 13.8 Å². The molecule has 1 amide bonds. The summed E-state index contributed by atoms with van der Waals surface area (Å²) in [7, 11) is 1.92. The first kappa shape index (κ1) is 16.9. The average molecular weight is 361 g/mol. The zero-order chi connectivity index (χ0) is 17.3. The summed E-state index contributed by atoms with van der Waals surface area (Å²) in [6.07, 6.45) is 0.295. The predicted octanol–water partition coefficient (Wildman–Crippen LogP) is 3.64. The first-order valence-corrected chi connectivity index (χ1v) is 9.54. The van der Waals surface area contributed by atoms with Crippen molar-refractivity contribution in [3.63, 3.8) is 0 Å². The molecule has 3 heterocycles. The van der Waals surface area contributed by atoms with Gasteiger partial charge >= 0.3 is 0 Å². The van der Waals surface area contributed by atoms with E-state index >= 15 is 0 Å². The van der Waals surface area contributed by atoms with Crippen molar-refractivity contribution in [2.24, 2.45) is 7.05 Å². The predicted molar refractivity (Wildman–Crippen MR) is 98.4 cm³/mol. The van der Waals surface area contributed by atoms with E-state index in [2.05, 4.69) is 20.8 Å². The van der Waals surface area contributed by atoms with Crippen LogP contribution in [0.25, 0.3) is 10.6 Å². The van der Waals surface area contributed by atoms with Gasteiger partial charge in [0.05, 0.1) is 23.9 Å². The van der Waals surface area contributed by atoms with E-state index in [-0.39, 0.29) is 11.9 Å². The quantitative estimate of drug-likeness (QED) is 0.756. The highest BCUT2D eigenvalue weighted by Crippen LogP contribution is 2.26. The van der Waals surface area contributed by atoms with E-state index in [4.69, 9.17) is 0 Å². The number of nitrogens with one attached hydrogen (secondary N) is 1. The van der Waals surface area contributed by atoms with Crippen molar-refractivity contribution in [2.45, 2.75) is 33.2 Å². The van der Waals surface area contributed by atoms with Crippen LogP contribution in [-0.2, 0) is 18.3 Å². The van der Waals surface area contributed by atoms with Crippen molar-refractivity contribution in [2.75, 3.05) is 0 Å². The van der Waals surface area contributed by atoms with Crippen molar-refractivity contribution >= 4 is 28.6 Å². The Labute approximate surface area is 149 Å². The zero-order valence-corrected chi connectivity index (χ0v) is 15.8. The zero-order valence-electron chi connectivity index (χ0n) is 14.2. The monoisotopic (exact) mass is 360 g/mol. The molecule has 126 valence electrons. The first-order chi connectivity index (χ1) is 11.5. The molecule has 0 bridgehead atoms. The maximum absolute atomic E-state index is 12.3. The van der Waals surface area contributed by atoms with E-state index in [1.165, 1.54) is 0 Å². The van der Waals surface area contributed by atoms with Crippen molar-refractivity contribution in [1.82, 2.24) is 20.1 Å². The van der Waals surface area contributed by atoms with Crippen LogP contribution in [0.1, 0.15) is 35.6 Å². The fourth-order valence-electron chi connectivity index (χ4n) is 2.85. The van der Waals surface area contributed by atoms with Gasteiger partial charge in [0.25, 0.3) is 0 Å². The largest absolute Gasteiger partial charge is 0.349 e. The minimum atomic E-state index is -0.0684. The number of nitrogens with zero attached hydrogens (tertiary/aromatic N) is 3. The lowest BCUT2D eigenvalue weighted by Crippen LogP contribution is -2.28. The minimum Gasteiger partial charge on any atom is -0.349 e. The molecular weight excluding hydrogens is 340 g/mol. The molecule has 0 saturated heterocycles. The fourth-order valence-corrected chi connectivity index (χ4v) is 4.38. The number of aryl methyl sites for hydroxylation is 2. The van der Waals surface area contributed by atoms with Crippen LogP contribution >= 0.6 is 22.7 Å². The van der Waals surface area contributed by atoms with E-state index in [1.54, 1.807) is 22.7 Å². The Morgan fingerprint density at radius 3 is 2.79 bits per heavy atom. The summed E-state index contributed by atoms with van der Waals surface area (Å²) in [6.45, 7) is 5.98. The van der Waals surface area contributed by atoms with Crippen molar-refractivity contribution < 1.29 is 4.79 Å². The highest BCUT2D eigenvalue weighted by molar-refractivity contribution is 7.14. The summed E-state index contributed by atoms with van der Waals surface area (Å²) in [5.74, 6) is -0.0210. The molecular formula is C17H20N4OS2. The van der Waals surface area contributed by atoms with Crippen molar-refractivity contribution in [3.05, 3.63) is 44.9 Å². The third kappa shape index (κ3) is 3.42. The molecule has 0 aliphatic heterocycles. The summed E-state index contributed by atoms with van der Waals surface area (Å²) in [5, 5.41) is 14.5. The standard InChI is InChI=1S/C17H20N4OS2/c1-10(16-11(2)20-21(4)12(16)3)18-15(22)7-14-9-24-17(19-14)13-5-6-23-8-13/h5-6,8-10H,7H2,1-4H3,(H,18,22). The SMILES string of the molecule is Cc1nn(C)c(C)c1C(C)NC(=O)Cc1csc(-c2ccsc2)n1. The van der Waals surface area contributed by atoms with E-state index < -0.39 is 0 Å². The molecule has 1 atom stereocenters. The Kier molecular flexibility index (Phi) is 4.82. The van der Waals surface area contributed by atoms with Gasteiger partial charge in [0.1, 0.15) is 5.01 Å². The Morgan fingerprint density at radius 1 is 1.38 bits per heavy atom. The molecule has 5 nitrogen and oxygen atoms in total. The number of thiazole rings is 1. The molecule has 0 aliphatic rings. The lowest BCUT2D eigenvalue weighted by atomic mass is 10.1. The smallest absolute Gasteiger partial charge is 0.226 e. The molecule has 1 unspecified atom stereocenters. The topological polar surface area (TPSA) is 59.8 Å². The van der Waals surface area contributed by atoms with Gasteiger partial charge in [-0.05, 0) is 32.2 Å². The van der Waals surface area contributed by atoms with Gasteiger partial charge in [0.2, 0.25) is 5.91 Å². The van der Waals surface area contributed by atoms with E-state index in [1.807, 2.05) is 49.3 Å². The molecule has 0 aliphatic carbocycles. The highest BCUT2D eigenvalue weighted by atomic mass is 32.1. The van der Waals surface area contributed by atoms with E-state index in [0.29, 0.717) is 6.42 Å². The number of carbonyl (C=O) groups is 1. The fraction of sp³-hybridized carbons (Fsp3) is 0.353. The average Bonchev–Trinajstić information content (AvgIpc) is 3.21. The molecule has 3 rings (SSSR count). The molecule has 0 saturated carbocycles. The van der Waals surface area contributed by atoms with E-state index in [0.717, 1.165) is 33.2 Å². The molecule has 1 N–H and O–H groups in total. The van der Waals surface area contributed by atoms with Crippen LogP contribution in [0.15, 0.2) is 22.2 Å². The van der Waals surface area contributed by atoms with Gasteiger partial charge in [-0.3, -0.25) is 9.48 Å². The normalized spacial score (nSPS) is 12.3. The number of hydrogen-bond donors (Lipinski definition) is 1. The van der Waals surface area contributed by atoms with Crippen LogP contribution in [0.2, 0.25) is 0 Å². The Bertz CT molecular complexity index is 848. The lowest BCUT2D eigenvalue weighted by molar-refractivity contribution is -0.121. The minimum absolute atomic E-state index is 0.0210. The molecule has 24 heavy (non-hydrogen) atoms. The number of amides is 1. The molecule has 0 aromatic carbocycles. The van der Waals surface area contributed by atoms with Gasteiger partial charge in [-0.25, -0.2) is 4.98 Å². The summed E-state index contributed by atoms with van der Waals surface area (Å²) in [5.41, 5.74) is 5.05. The van der Waals surface area contributed by atoms with Crippen LogP contribution in [0.5, 0.6) is 0 Å². The van der Waals surface area contributed by atoms with Gasteiger partial charge in [-0.15, -0.1) is 11.3 Å². The molecule has 0 fully saturated rings. The van der Waals surface area contributed by atoms with Crippen LogP contribution in [-0.4, -0.2) is 20.7 Å². The van der Waals surface area contributed by atoms with Crippen LogP contribution in [0.3, 0.4) is 0 Å². The van der Waals surface area contributed by atoms with Gasteiger partial charge < -0.3 is 5.32 Å². The Balaban J connectivity index is 1.65. The molecule has 0 spiro atoms. The van der Waals surface area contributed by atoms with Crippen LogP contribution < -0.4 is 5.32 Å².